The first-order valence-corrected chi connectivity index (χ1v) is 10.6. The minimum Gasteiger partial charge on any atom is -0.465 e. The van der Waals surface area contributed by atoms with Crippen LogP contribution in [0, 0.1) is 0 Å². The van der Waals surface area contributed by atoms with Gasteiger partial charge >= 0.3 is 12.2 Å². The molecule has 1 atom stereocenters. The van der Waals surface area contributed by atoms with E-state index in [1.807, 2.05) is 11.0 Å². The Hall–Kier alpha value is -2.98. The molecule has 1 aliphatic heterocycles. The standard InChI is InChI=1S/C22H31N3O7/c1-4-31-22(30)23(3)19(26)15-32-18-10-12-24(13-11-18)16(2)20(27)25(21(28)29)14-17-8-6-5-7-9-17/h5-9,16,18H,4,10-15H2,1-3H3,(H,28,29)/t16-/m0/s1. The molecule has 0 spiro atoms. The van der Waals surface area contributed by atoms with Crippen molar-refractivity contribution in [1.82, 2.24) is 14.7 Å². The molecule has 0 radical (unpaired) electrons. The van der Waals surface area contributed by atoms with Gasteiger partial charge in [0.2, 0.25) is 5.91 Å². The van der Waals surface area contributed by atoms with Crippen LogP contribution in [0.2, 0.25) is 0 Å². The average Bonchev–Trinajstić information content (AvgIpc) is 2.80. The summed E-state index contributed by atoms with van der Waals surface area (Å²) >= 11 is 0. The number of nitrogens with zero attached hydrogens (tertiary/aromatic N) is 3. The second-order valence-electron chi connectivity index (χ2n) is 7.57. The van der Waals surface area contributed by atoms with Crippen LogP contribution < -0.4 is 0 Å². The van der Waals surface area contributed by atoms with E-state index in [0.717, 1.165) is 15.4 Å². The fourth-order valence-electron chi connectivity index (χ4n) is 3.43. The van der Waals surface area contributed by atoms with Crippen LogP contribution in [0.3, 0.4) is 0 Å². The third kappa shape index (κ3) is 7.03. The molecule has 0 aliphatic carbocycles. The van der Waals surface area contributed by atoms with Crippen molar-refractivity contribution in [1.29, 1.82) is 0 Å². The highest BCUT2D eigenvalue weighted by atomic mass is 16.6. The monoisotopic (exact) mass is 449 g/mol. The normalized spacial score (nSPS) is 15.6. The zero-order valence-electron chi connectivity index (χ0n) is 18.7. The summed E-state index contributed by atoms with van der Waals surface area (Å²) in [6.07, 6.45) is -1.03. The quantitative estimate of drug-likeness (QED) is 0.642. The lowest BCUT2D eigenvalue weighted by Crippen LogP contribution is -2.51. The smallest absolute Gasteiger partial charge is 0.416 e. The van der Waals surface area contributed by atoms with Crippen LogP contribution in [0.25, 0.3) is 0 Å². The van der Waals surface area contributed by atoms with Crippen molar-refractivity contribution in [2.45, 2.75) is 45.4 Å². The number of piperidine rings is 1. The highest BCUT2D eigenvalue weighted by Gasteiger charge is 2.32. The lowest BCUT2D eigenvalue weighted by Gasteiger charge is -2.36. The van der Waals surface area contributed by atoms with Gasteiger partial charge in [0, 0.05) is 20.1 Å². The van der Waals surface area contributed by atoms with Gasteiger partial charge in [-0.25, -0.2) is 19.4 Å². The highest BCUT2D eigenvalue weighted by molar-refractivity contribution is 5.94. The van der Waals surface area contributed by atoms with E-state index in [0.29, 0.717) is 25.9 Å². The second-order valence-corrected chi connectivity index (χ2v) is 7.57. The minimum absolute atomic E-state index is 0.00494. The summed E-state index contributed by atoms with van der Waals surface area (Å²) in [6, 6.07) is 8.36. The lowest BCUT2D eigenvalue weighted by molar-refractivity contribution is -0.137. The Labute approximate surface area is 187 Å². The fraction of sp³-hybridized carbons (Fsp3) is 0.545. The summed E-state index contributed by atoms with van der Waals surface area (Å²) in [5, 5.41) is 9.53. The highest BCUT2D eigenvalue weighted by Crippen LogP contribution is 2.18. The van der Waals surface area contributed by atoms with E-state index < -0.39 is 30.0 Å². The number of hydrogen-bond acceptors (Lipinski definition) is 7. The van der Waals surface area contributed by atoms with Gasteiger partial charge in [-0.05, 0) is 32.3 Å². The zero-order chi connectivity index (χ0) is 23.7. The van der Waals surface area contributed by atoms with Crippen molar-refractivity contribution in [2.75, 3.05) is 33.4 Å². The Bertz CT molecular complexity index is 794. The second kappa shape index (κ2) is 12.2. The SMILES string of the molecule is CCOC(=O)N(C)C(=O)COC1CCN([C@@H](C)C(=O)N(Cc2ccccc2)C(=O)O)CC1. The Morgan fingerprint density at radius 3 is 2.34 bits per heavy atom. The maximum atomic E-state index is 12.9. The van der Waals surface area contributed by atoms with Crippen molar-refractivity contribution in [3.05, 3.63) is 35.9 Å². The number of carboxylic acid groups (broad SMARTS) is 1. The van der Waals surface area contributed by atoms with Gasteiger partial charge in [0.05, 0.1) is 25.3 Å². The molecule has 0 aromatic heterocycles. The summed E-state index contributed by atoms with van der Waals surface area (Å²) in [6.45, 7) is 4.34. The maximum Gasteiger partial charge on any atom is 0.416 e. The van der Waals surface area contributed by atoms with Crippen LogP contribution in [0.1, 0.15) is 32.3 Å². The summed E-state index contributed by atoms with van der Waals surface area (Å²) < 4.78 is 10.4. The molecule has 1 fully saturated rings. The van der Waals surface area contributed by atoms with Crippen molar-refractivity contribution in [3.8, 4) is 0 Å². The molecular weight excluding hydrogens is 418 g/mol. The number of likely N-dealkylation sites (tertiary alicyclic amines) is 1. The Morgan fingerprint density at radius 2 is 1.78 bits per heavy atom. The fourth-order valence-corrected chi connectivity index (χ4v) is 3.43. The van der Waals surface area contributed by atoms with Gasteiger partial charge in [0.25, 0.3) is 5.91 Å². The van der Waals surface area contributed by atoms with Gasteiger partial charge in [0.15, 0.2) is 0 Å². The van der Waals surface area contributed by atoms with E-state index in [1.54, 1.807) is 38.1 Å². The lowest BCUT2D eigenvalue weighted by atomic mass is 10.1. The predicted octanol–water partition coefficient (Wildman–Crippen LogP) is 2.18. The number of imide groups is 2. The largest absolute Gasteiger partial charge is 0.465 e. The molecule has 1 heterocycles. The molecule has 0 saturated carbocycles. The molecule has 10 heteroatoms. The Morgan fingerprint density at radius 1 is 1.16 bits per heavy atom. The van der Waals surface area contributed by atoms with Crippen molar-refractivity contribution in [2.24, 2.45) is 0 Å². The van der Waals surface area contributed by atoms with Crippen molar-refractivity contribution >= 4 is 24.0 Å². The van der Waals surface area contributed by atoms with Gasteiger partial charge in [-0.15, -0.1) is 0 Å². The van der Waals surface area contributed by atoms with Crippen LogP contribution in [-0.4, -0.2) is 89.3 Å². The summed E-state index contributed by atoms with van der Waals surface area (Å²) in [7, 11) is 1.34. The molecule has 0 unspecified atom stereocenters. The van der Waals surface area contributed by atoms with Crippen molar-refractivity contribution in [3.63, 3.8) is 0 Å². The van der Waals surface area contributed by atoms with Gasteiger partial charge in [0.1, 0.15) is 6.61 Å². The topological polar surface area (TPSA) is 117 Å². The van der Waals surface area contributed by atoms with Gasteiger partial charge < -0.3 is 14.6 Å². The molecule has 1 saturated heterocycles. The summed E-state index contributed by atoms with van der Waals surface area (Å²) in [4.78, 5) is 51.8. The van der Waals surface area contributed by atoms with Crippen LogP contribution in [0.15, 0.2) is 30.3 Å². The van der Waals surface area contributed by atoms with Gasteiger partial charge in [-0.2, -0.15) is 0 Å². The van der Waals surface area contributed by atoms with Crippen molar-refractivity contribution < 1.29 is 33.8 Å². The molecule has 1 aromatic rings. The molecule has 1 aromatic carbocycles. The third-order valence-electron chi connectivity index (χ3n) is 5.42. The molecule has 32 heavy (non-hydrogen) atoms. The molecule has 2 rings (SSSR count). The molecular formula is C22H31N3O7. The average molecular weight is 450 g/mol. The Kier molecular flexibility index (Phi) is 9.61. The molecule has 1 N–H and O–H groups in total. The number of ether oxygens (including phenoxy) is 2. The number of likely N-dealkylation sites (N-methyl/N-ethyl adjacent to an activating group) is 1. The number of carbonyl (C=O) groups excluding carboxylic acids is 3. The van der Waals surface area contributed by atoms with E-state index in [9.17, 15) is 24.3 Å². The summed E-state index contributed by atoms with van der Waals surface area (Å²) in [5.74, 6) is -0.973. The van der Waals surface area contributed by atoms with Crippen LogP contribution in [0.4, 0.5) is 9.59 Å². The van der Waals surface area contributed by atoms with Crippen LogP contribution in [-0.2, 0) is 25.6 Å². The van der Waals surface area contributed by atoms with Crippen LogP contribution >= 0.6 is 0 Å². The molecule has 4 amide bonds. The van der Waals surface area contributed by atoms with Gasteiger partial charge in [-0.1, -0.05) is 30.3 Å². The number of rotatable bonds is 8. The number of carbonyl (C=O) groups is 4. The van der Waals surface area contributed by atoms with E-state index in [2.05, 4.69) is 0 Å². The third-order valence-corrected chi connectivity index (χ3v) is 5.42. The first kappa shape index (κ1) is 25.3. The number of hydrogen-bond donors (Lipinski definition) is 1. The van der Waals surface area contributed by atoms with E-state index in [1.165, 1.54) is 7.05 Å². The number of benzene rings is 1. The van der Waals surface area contributed by atoms with E-state index in [4.69, 9.17) is 9.47 Å². The molecule has 0 bridgehead atoms. The van der Waals surface area contributed by atoms with E-state index in [-0.39, 0.29) is 25.9 Å². The molecule has 1 aliphatic rings. The predicted molar refractivity (Wildman–Crippen MR) is 115 cm³/mol. The molecule has 176 valence electrons. The number of amides is 4. The van der Waals surface area contributed by atoms with Crippen LogP contribution in [0.5, 0.6) is 0 Å². The summed E-state index contributed by atoms with van der Waals surface area (Å²) in [5.41, 5.74) is 0.736. The Balaban J connectivity index is 1.83. The zero-order valence-corrected chi connectivity index (χ0v) is 18.7. The van der Waals surface area contributed by atoms with E-state index >= 15 is 0 Å². The molecule has 10 nitrogen and oxygen atoms in total. The van der Waals surface area contributed by atoms with Gasteiger partial charge in [-0.3, -0.25) is 14.5 Å². The first-order valence-electron chi connectivity index (χ1n) is 10.6. The first-order chi connectivity index (χ1) is 15.2. The minimum atomic E-state index is -1.28. The maximum absolute atomic E-state index is 12.9.